The van der Waals surface area contributed by atoms with Gasteiger partial charge in [-0.25, -0.2) is 9.41 Å². The molecule has 0 aliphatic heterocycles. The third-order valence-electron chi connectivity index (χ3n) is 4.77. The number of rotatable bonds is 8. The first-order valence-electron chi connectivity index (χ1n) is 9.55. The van der Waals surface area contributed by atoms with Gasteiger partial charge in [-0.2, -0.15) is 0 Å². The Kier molecular flexibility index (Phi) is 6.99. The van der Waals surface area contributed by atoms with E-state index in [0.29, 0.717) is 17.8 Å². The summed E-state index contributed by atoms with van der Waals surface area (Å²) in [4.78, 5) is 16.4. The molecule has 0 saturated heterocycles. The van der Waals surface area contributed by atoms with Crippen molar-refractivity contribution >= 4 is 23.8 Å². The van der Waals surface area contributed by atoms with Crippen LogP contribution >= 0.6 is 0 Å². The Labute approximate surface area is 175 Å². The molecular weight excluding hydrogens is 374 g/mol. The normalized spacial score (nSPS) is 12.1. The van der Waals surface area contributed by atoms with Crippen molar-refractivity contribution in [3.05, 3.63) is 113 Å². The van der Waals surface area contributed by atoms with Gasteiger partial charge >= 0.3 is 0 Å². The standard InChI is InChI=1S/C25H22N3O2/c1-27-24(17-19-11-13-28(14-12-19)15-16-29)21-9-7-20(8-10-21)23(18-26)25(30)22-5-3-2-4-6-22/h2-14,17-18,23,26,29H,15-16H2/q+1. The first-order valence-corrected chi connectivity index (χ1v) is 9.55. The van der Waals surface area contributed by atoms with Crippen molar-refractivity contribution in [2.75, 3.05) is 6.61 Å². The lowest BCUT2D eigenvalue weighted by molar-refractivity contribution is -0.698. The summed E-state index contributed by atoms with van der Waals surface area (Å²) >= 11 is 0. The molecule has 2 aromatic carbocycles. The van der Waals surface area contributed by atoms with Crippen LogP contribution in [0.1, 0.15) is 33.0 Å². The van der Waals surface area contributed by atoms with E-state index in [1.165, 1.54) is 0 Å². The molecule has 0 aliphatic rings. The lowest BCUT2D eigenvalue weighted by Gasteiger charge is -2.12. The van der Waals surface area contributed by atoms with Crippen molar-refractivity contribution in [2.45, 2.75) is 12.5 Å². The van der Waals surface area contributed by atoms with Gasteiger partial charge in [-0.3, -0.25) is 4.79 Å². The molecule has 0 amide bonds. The third kappa shape index (κ3) is 4.93. The SMILES string of the molecule is [C-]#[N+]C(=Cc1cc[n+](CCO)cc1)c1ccc(C(C=N)C(=O)c2ccccc2)cc1. The van der Waals surface area contributed by atoms with Gasteiger partial charge in [0, 0.05) is 23.9 Å². The Morgan fingerprint density at radius 3 is 2.27 bits per heavy atom. The molecule has 5 heteroatoms. The topological polar surface area (TPSA) is 69.4 Å². The molecule has 0 saturated carbocycles. The first-order chi connectivity index (χ1) is 14.7. The van der Waals surface area contributed by atoms with E-state index >= 15 is 0 Å². The van der Waals surface area contributed by atoms with Crippen LogP contribution in [0.15, 0.2) is 79.1 Å². The summed E-state index contributed by atoms with van der Waals surface area (Å²) in [6, 6.07) is 19.9. The zero-order valence-corrected chi connectivity index (χ0v) is 16.4. The highest BCUT2D eigenvalue weighted by atomic mass is 16.3. The van der Waals surface area contributed by atoms with Gasteiger partial charge in [-0.05, 0) is 22.8 Å². The van der Waals surface area contributed by atoms with Gasteiger partial charge in [0.1, 0.15) is 6.61 Å². The summed E-state index contributed by atoms with van der Waals surface area (Å²) in [6.45, 7) is 8.14. The molecule has 148 valence electrons. The Bertz CT molecular complexity index is 1080. The Morgan fingerprint density at radius 1 is 1.03 bits per heavy atom. The number of hydrogen-bond donors (Lipinski definition) is 2. The van der Waals surface area contributed by atoms with Crippen LogP contribution < -0.4 is 4.57 Å². The number of ketones is 1. The number of hydrogen-bond acceptors (Lipinski definition) is 3. The summed E-state index contributed by atoms with van der Waals surface area (Å²) in [7, 11) is 0. The van der Waals surface area contributed by atoms with E-state index in [9.17, 15) is 4.79 Å². The molecule has 1 atom stereocenters. The van der Waals surface area contributed by atoms with Gasteiger partial charge in [0.25, 0.3) is 0 Å². The van der Waals surface area contributed by atoms with E-state index < -0.39 is 5.92 Å². The fraction of sp³-hybridized carbons (Fsp3) is 0.120. The van der Waals surface area contributed by atoms with E-state index in [-0.39, 0.29) is 12.4 Å². The molecule has 0 radical (unpaired) electrons. The Hall–Kier alpha value is -3.88. The molecule has 3 aromatic rings. The van der Waals surface area contributed by atoms with Crippen molar-refractivity contribution in [3.8, 4) is 0 Å². The first kappa shape index (κ1) is 20.8. The van der Waals surface area contributed by atoms with E-state index in [1.807, 2.05) is 47.3 Å². The number of aliphatic hydroxyl groups is 1. The number of nitrogens with one attached hydrogen (secondary N) is 1. The minimum absolute atomic E-state index is 0.0724. The van der Waals surface area contributed by atoms with Gasteiger partial charge < -0.3 is 10.5 Å². The van der Waals surface area contributed by atoms with Crippen LogP contribution in [-0.4, -0.2) is 23.7 Å². The number of carbonyl (C=O) groups is 1. The van der Waals surface area contributed by atoms with Crippen LogP contribution in [-0.2, 0) is 6.54 Å². The number of Topliss-reactive ketones (excluding diaryl/α,β-unsaturated/α-hetero) is 1. The molecule has 1 heterocycles. The minimum Gasteiger partial charge on any atom is -0.390 e. The predicted octanol–water partition coefficient (Wildman–Crippen LogP) is 4.00. The molecule has 2 N–H and O–H groups in total. The van der Waals surface area contributed by atoms with Crippen molar-refractivity contribution in [2.24, 2.45) is 0 Å². The molecule has 1 aromatic heterocycles. The van der Waals surface area contributed by atoms with Crippen molar-refractivity contribution in [3.63, 3.8) is 0 Å². The summed E-state index contributed by atoms with van der Waals surface area (Å²) in [5.41, 5.74) is 3.41. The van der Waals surface area contributed by atoms with E-state index in [2.05, 4.69) is 4.85 Å². The highest BCUT2D eigenvalue weighted by Gasteiger charge is 2.19. The average Bonchev–Trinajstić information content (AvgIpc) is 2.80. The number of nitrogens with zero attached hydrogens (tertiary/aromatic N) is 2. The Morgan fingerprint density at radius 2 is 1.70 bits per heavy atom. The average molecular weight is 396 g/mol. The van der Waals surface area contributed by atoms with Crippen LogP contribution in [0.3, 0.4) is 0 Å². The number of aromatic nitrogens is 1. The number of carbonyl (C=O) groups excluding carboxylic acids is 1. The largest absolute Gasteiger partial charge is 0.390 e. The quantitative estimate of drug-likeness (QED) is 0.262. The fourth-order valence-corrected chi connectivity index (χ4v) is 3.13. The molecule has 3 rings (SSSR count). The van der Waals surface area contributed by atoms with Gasteiger partial charge in [0.15, 0.2) is 30.4 Å². The maximum absolute atomic E-state index is 12.7. The van der Waals surface area contributed by atoms with Crippen molar-refractivity contribution in [1.82, 2.24) is 0 Å². The second-order valence-corrected chi connectivity index (χ2v) is 6.73. The fourth-order valence-electron chi connectivity index (χ4n) is 3.13. The second kappa shape index (κ2) is 10.1. The van der Waals surface area contributed by atoms with Crippen LogP contribution in [0.25, 0.3) is 16.6 Å². The molecule has 30 heavy (non-hydrogen) atoms. The monoisotopic (exact) mass is 396 g/mol. The molecule has 0 aliphatic carbocycles. The molecule has 0 bridgehead atoms. The minimum atomic E-state index is -0.655. The predicted molar refractivity (Wildman–Crippen MR) is 117 cm³/mol. The van der Waals surface area contributed by atoms with Gasteiger partial charge in [0.2, 0.25) is 0 Å². The molecule has 5 nitrogen and oxygen atoms in total. The Balaban J connectivity index is 1.83. The zero-order chi connectivity index (χ0) is 21.3. The van der Waals surface area contributed by atoms with Gasteiger partial charge in [0.05, 0.1) is 12.5 Å². The van der Waals surface area contributed by atoms with Crippen LogP contribution in [0, 0.1) is 12.0 Å². The molecule has 1 unspecified atom stereocenters. The van der Waals surface area contributed by atoms with E-state index in [4.69, 9.17) is 17.1 Å². The van der Waals surface area contributed by atoms with Crippen LogP contribution in [0.4, 0.5) is 0 Å². The van der Waals surface area contributed by atoms with Crippen molar-refractivity contribution in [1.29, 1.82) is 5.41 Å². The zero-order valence-electron chi connectivity index (χ0n) is 16.4. The van der Waals surface area contributed by atoms with E-state index in [0.717, 1.165) is 22.9 Å². The lowest BCUT2D eigenvalue weighted by Crippen LogP contribution is -2.34. The van der Waals surface area contributed by atoms with Gasteiger partial charge in [-0.15, -0.1) is 0 Å². The molecular formula is C25H22N3O2+. The summed E-state index contributed by atoms with van der Waals surface area (Å²) in [5.74, 6) is -0.780. The third-order valence-corrected chi connectivity index (χ3v) is 4.77. The number of benzene rings is 2. The molecule has 0 spiro atoms. The molecule has 0 fully saturated rings. The summed E-state index contributed by atoms with van der Waals surface area (Å²) in [6.07, 6.45) is 6.67. The lowest BCUT2D eigenvalue weighted by atomic mass is 9.91. The van der Waals surface area contributed by atoms with Crippen LogP contribution in [0.5, 0.6) is 0 Å². The van der Waals surface area contributed by atoms with Crippen LogP contribution in [0.2, 0.25) is 0 Å². The van der Waals surface area contributed by atoms with Crippen molar-refractivity contribution < 1.29 is 14.5 Å². The second-order valence-electron chi connectivity index (χ2n) is 6.73. The van der Waals surface area contributed by atoms with E-state index in [1.54, 1.807) is 42.5 Å². The highest BCUT2D eigenvalue weighted by molar-refractivity contribution is 6.09. The summed E-state index contributed by atoms with van der Waals surface area (Å²) < 4.78 is 1.87. The maximum Gasteiger partial charge on any atom is 0.194 e. The highest BCUT2D eigenvalue weighted by Crippen LogP contribution is 2.24. The maximum atomic E-state index is 12.7. The number of pyridine rings is 1. The summed E-state index contributed by atoms with van der Waals surface area (Å²) in [5, 5.41) is 16.7. The smallest absolute Gasteiger partial charge is 0.194 e. The number of aliphatic hydroxyl groups excluding tert-OH is 1. The van der Waals surface area contributed by atoms with Gasteiger partial charge in [-0.1, -0.05) is 54.6 Å².